The number of carbonyl (C=O) groups is 2. The molecule has 2 amide bonds. The molecule has 0 radical (unpaired) electrons. The average molecular weight is 420 g/mol. The predicted molar refractivity (Wildman–Crippen MR) is 122 cm³/mol. The van der Waals surface area contributed by atoms with Crippen LogP contribution >= 0.6 is 0 Å². The number of hydrogen-bond acceptors (Lipinski definition) is 4. The molecule has 1 aromatic heterocycles. The molecule has 3 aromatic rings. The van der Waals surface area contributed by atoms with Gasteiger partial charge in [-0.15, -0.1) is 0 Å². The van der Waals surface area contributed by atoms with Crippen molar-refractivity contribution < 1.29 is 9.59 Å². The van der Waals surface area contributed by atoms with Gasteiger partial charge in [-0.3, -0.25) is 19.6 Å². The summed E-state index contributed by atoms with van der Waals surface area (Å²) in [5, 5.41) is 11.1. The summed E-state index contributed by atoms with van der Waals surface area (Å²) in [5.74, 6) is 0.250. The van der Waals surface area contributed by atoms with Crippen LogP contribution in [0.15, 0.2) is 42.5 Å². The van der Waals surface area contributed by atoms with E-state index < -0.39 is 0 Å². The summed E-state index contributed by atoms with van der Waals surface area (Å²) in [6.45, 7) is 9.07. The Morgan fingerprint density at radius 3 is 2.55 bits per heavy atom. The maximum atomic E-state index is 12.9. The second kappa shape index (κ2) is 8.89. The molecule has 31 heavy (non-hydrogen) atoms. The average Bonchev–Trinajstić information content (AvgIpc) is 3.19. The fourth-order valence-corrected chi connectivity index (χ4v) is 4.11. The minimum absolute atomic E-state index is 0.0192. The number of H-pyrrole nitrogens is 1. The molecular weight excluding hydrogens is 390 g/mol. The zero-order valence-electron chi connectivity index (χ0n) is 18.3. The van der Waals surface area contributed by atoms with Crippen molar-refractivity contribution in [2.45, 2.75) is 26.7 Å². The molecule has 0 spiro atoms. The zero-order chi connectivity index (χ0) is 22.0. The number of nitrogens with zero attached hydrogens (tertiary/aromatic N) is 3. The van der Waals surface area contributed by atoms with Crippen LogP contribution in [0.4, 0.5) is 5.69 Å². The molecule has 4 rings (SSSR count). The Morgan fingerprint density at radius 2 is 1.81 bits per heavy atom. The van der Waals surface area contributed by atoms with Crippen molar-refractivity contribution in [2.24, 2.45) is 0 Å². The Bertz CT molecular complexity index is 1100. The van der Waals surface area contributed by atoms with E-state index in [9.17, 15) is 9.59 Å². The number of amides is 2. The van der Waals surface area contributed by atoms with Crippen LogP contribution in [0.25, 0.3) is 10.9 Å². The van der Waals surface area contributed by atoms with Gasteiger partial charge in [0.2, 0.25) is 5.91 Å². The molecule has 2 aromatic carbocycles. The molecular formula is C24H29N5O2. The molecule has 1 aliphatic rings. The van der Waals surface area contributed by atoms with Gasteiger partial charge in [0, 0.05) is 37.3 Å². The molecule has 1 aliphatic heterocycles. The van der Waals surface area contributed by atoms with Crippen molar-refractivity contribution in [3.8, 4) is 0 Å². The standard InChI is InChI=1S/C24H29N5O2/c1-16(2)18-9-6-7-17(3)22(18)25-21(30)15-28-11-13-29(14-12-28)24(31)23-19-8-4-5-10-20(19)26-27-23/h4-10,16H,11-15H2,1-3H3,(H,25,30)(H,26,27). The first-order valence-electron chi connectivity index (χ1n) is 10.8. The number of fused-ring (bicyclic) bond motifs is 1. The first-order chi connectivity index (χ1) is 14.9. The van der Waals surface area contributed by atoms with Crippen LogP contribution in [0.3, 0.4) is 0 Å². The van der Waals surface area contributed by atoms with Crippen LogP contribution in [-0.4, -0.2) is 64.5 Å². The SMILES string of the molecule is Cc1cccc(C(C)C)c1NC(=O)CN1CCN(C(=O)c2n[nH]c3ccccc23)CC1. The predicted octanol–water partition coefficient (Wildman–Crippen LogP) is 3.39. The third-order valence-electron chi connectivity index (χ3n) is 5.89. The van der Waals surface area contributed by atoms with Crippen molar-refractivity contribution in [1.29, 1.82) is 0 Å². The van der Waals surface area contributed by atoms with Crippen LogP contribution in [0.5, 0.6) is 0 Å². The van der Waals surface area contributed by atoms with Crippen LogP contribution in [0, 0.1) is 6.92 Å². The number of rotatable bonds is 5. The number of aromatic nitrogens is 2. The number of anilines is 1. The Kier molecular flexibility index (Phi) is 6.04. The van der Waals surface area contributed by atoms with Gasteiger partial charge in [-0.1, -0.05) is 50.2 Å². The summed E-state index contributed by atoms with van der Waals surface area (Å²) in [7, 11) is 0. The van der Waals surface area contributed by atoms with Gasteiger partial charge in [-0.25, -0.2) is 0 Å². The molecule has 1 saturated heterocycles. The summed E-state index contributed by atoms with van der Waals surface area (Å²) >= 11 is 0. The summed E-state index contributed by atoms with van der Waals surface area (Å²) in [5.41, 5.74) is 4.46. The molecule has 2 heterocycles. The lowest BCUT2D eigenvalue weighted by Crippen LogP contribution is -2.50. The highest BCUT2D eigenvalue weighted by molar-refractivity contribution is 6.04. The highest BCUT2D eigenvalue weighted by atomic mass is 16.2. The maximum absolute atomic E-state index is 12.9. The highest BCUT2D eigenvalue weighted by Gasteiger charge is 2.26. The van der Waals surface area contributed by atoms with Crippen molar-refractivity contribution in [1.82, 2.24) is 20.0 Å². The minimum Gasteiger partial charge on any atom is -0.335 e. The van der Waals surface area contributed by atoms with E-state index in [1.54, 1.807) is 0 Å². The van der Waals surface area contributed by atoms with Crippen molar-refractivity contribution in [3.05, 3.63) is 59.3 Å². The maximum Gasteiger partial charge on any atom is 0.275 e. The van der Waals surface area contributed by atoms with Gasteiger partial charge in [0.25, 0.3) is 5.91 Å². The number of hydrogen-bond donors (Lipinski definition) is 2. The molecule has 162 valence electrons. The van der Waals surface area contributed by atoms with Crippen LogP contribution in [-0.2, 0) is 4.79 Å². The smallest absolute Gasteiger partial charge is 0.275 e. The number of piperazine rings is 1. The molecule has 0 bridgehead atoms. The number of nitrogens with one attached hydrogen (secondary N) is 2. The number of aromatic amines is 1. The third-order valence-corrected chi connectivity index (χ3v) is 5.89. The zero-order valence-corrected chi connectivity index (χ0v) is 18.3. The Labute approximate surface area is 182 Å². The van der Waals surface area contributed by atoms with Crippen LogP contribution in [0.1, 0.15) is 41.4 Å². The van der Waals surface area contributed by atoms with Gasteiger partial charge >= 0.3 is 0 Å². The van der Waals surface area contributed by atoms with Gasteiger partial charge in [0.1, 0.15) is 0 Å². The van der Waals surface area contributed by atoms with E-state index in [0.717, 1.165) is 27.7 Å². The molecule has 0 unspecified atom stereocenters. The second-order valence-corrected chi connectivity index (χ2v) is 8.43. The van der Waals surface area contributed by atoms with Crippen LogP contribution in [0.2, 0.25) is 0 Å². The van der Waals surface area contributed by atoms with E-state index in [1.165, 1.54) is 0 Å². The van der Waals surface area contributed by atoms with Gasteiger partial charge in [0.05, 0.1) is 12.1 Å². The van der Waals surface area contributed by atoms with Gasteiger partial charge < -0.3 is 10.2 Å². The van der Waals surface area contributed by atoms with E-state index in [1.807, 2.05) is 48.2 Å². The first-order valence-corrected chi connectivity index (χ1v) is 10.8. The Morgan fingerprint density at radius 1 is 1.06 bits per heavy atom. The summed E-state index contributed by atoms with van der Waals surface area (Å²) in [4.78, 5) is 29.5. The quantitative estimate of drug-likeness (QED) is 0.664. The number of carbonyl (C=O) groups excluding carboxylic acids is 2. The Balaban J connectivity index is 1.34. The summed E-state index contributed by atoms with van der Waals surface area (Å²) < 4.78 is 0. The van der Waals surface area contributed by atoms with E-state index in [4.69, 9.17) is 0 Å². The number of benzene rings is 2. The lowest BCUT2D eigenvalue weighted by Gasteiger charge is -2.34. The van der Waals surface area contributed by atoms with Gasteiger partial charge in [-0.05, 0) is 30.0 Å². The Hall–Kier alpha value is -3.19. The van der Waals surface area contributed by atoms with Crippen molar-refractivity contribution >= 4 is 28.4 Å². The minimum atomic E-state index is -0.0666. The third kappa shape index (κ3) is 4.46. The van der Waals surface area contributed by atoms with Crippen molar-refractivity contribution in [3.63, 3.8) is 0 Å². The molecule has 7 nitrogen and oxygen atoms in total. The van der Waals surface area contributed by atoms with Crippen LogP contribution < -0.4 is 5.32 Å². The lowest BCUT2D eigenvalue weighted by atomic mass is 9.98. The molecule has 0 atom stereocenters. The van der Waals surface area contributed by atoms with E-state index >= 15 is 0 Å². The molecule has 2 N–H and O–H groups in total. The van der Waals surface area contributed by atoms with E-state index in [-0.39, 0.29) is 11.8 Å². The monoisotopic (exact) mass is 419 g/mol. The molecule has 7 heteroatoms. The summed E-state index contributed by atoms with van der Waals surface area (Å²) in [6, 6.07) is 13.8. The topological polar surface area (TPSA) is 81.3 Å². The fraction of sp³-hybridized carbons (Fsp3) is 0.375. The second-order valence-electron chi connectivity index (χ2n) is 8.43. The van der Waals surface area contributed by atoms with Crippen molar-refractivity contribution in [2.75, 3.05) is 38.0 Å². The van der Waals surface area contributed by atoms with E-state index in [2.05, 4.69) is 40.3 Å². The van der Waals surface area contributed by atoms with E-state index in [0.29, 0.717) is 44.3 Å². The number of para-hydroxylation sites is 2. The van der Waals surface area contributed by atoms with Gasteiger partial charge in [-0.2, -0.15) is 5.10 Å². The molecule has 0 aliphatic carbocycles. The summed E-state index contributed by atoms with van der Waals surface area (Å²) in [6.07, 6.45) is 0. The molecule has 1 fully saturated rings. The molecule has 0 saturated carbocycles. The normalized spacial score (nSPS) is 14.9. The lowest BCUT2D eigenvalue weighted by molar-refractivity contribution is -0.117. The first kappa shape index (κ1) is 21.1. The van der Waals surface area contributed by atoms with Gasteiger partial charge in [0.15, 0.2) is 5.69 Å². The highest BCUT2D eigenvalue weighted by Crippen LogP contribution is 2.27. The fourth-order valence-electron chi connectivity index (χ4n) is 4.11. The largest absolute Gasteiger partial charge is 0.335 e. The number of aryl methyl sites for hydroxylation is 1.